The lowest BCUT2D eigenvalue weighted by Gasteiger charge is -2.21. The molecule has 0 unspecified atom stereocenters. The highest BCUT2D eigenvalue weighted by Crippen LogP contribution is 2.30. The van der Waals surface area contributed by atoms with Gasteiger partial charge in [-0.15, -0.1) is 0 Å². The third-order valence-electron chi connectivity index (χ3n) is 3.37. The Labute approximate surface area is 126 Å². The number of nitrogens with one attached hydrogen (secondary N) is 1. The van der Waals surface area contributed by atoms with Gasteiger partial charge in [-0.25, -0.2) is 4.79 Å². The van der Waals surface area contributed by atoms with E-state index in [1.807, 2.05) is 31.1 Å². The lowest BCUT2D eigenvalue weighted by atomic mass is 10.2. The Morgan fingerprint density at radius 1 is 1.53 bits per heavy atom. The van der Waals surface area contributed by atoms with Crippen LogP contribution in [-0.2, 0) is 0 Å². The molecule has 0 radical (unpaired) electrons. The first-order valence-electron chi connectivity index (χ1n) is 6.15. The Morgan fingerprint density at radius 2 is 2.26 bits per heavy atom. The first-order valence-corrected chi connectivity index (χ1v) is 7.32. The van der Waals surface area contributed by atoms with Crippen molar-refractivity contribution < 1.29 is 4.79 Å². The van der Waals surface area contributed by atoms with Gasteiger partial charge in [0.2, 0.25) is 0 Å². The number of benzene rings is 1. The standard InChI is InChI=1S/C13H17BrClN3O/c1-17(2)9-6-7-18(8-9)13(19)16-11-5-3-4-10(15)12(11)14/h3-5,9H,6-8H2,1-2H3,(H,16,19)/t9-/m0/s1. The first-order chi connectivity index (χ1) is 8.99. The molecular weight excluding hydrogens is 330 g/mol. The van der Waals surface area contributed by atoms with E-state index in [0.717, 1.165) is 19.5 Å². The average molecular weight is 347 g/mol. The summed E-state index contributed by atoms with van der Waals surface area (Å²) in [6.45, 7) is 1.55. The largest absolute Gasteiger partial charge is 0.323 e. The quantitative estimate of drug-likeness (QED) is 0.892. The van der Waals surface area contributed by atoms with Crippen LogP contribution in [-0.4, -0.2) is 49.1 Å². The average Bonchev–Trinajstić information content (AvgIpc) is 2.84. The molecule has 1 atom stereocenters. The van der Waals surface area contributed by atoms with Crippen molar-refractivity contribution in [3.05, 3.63) is 27.7 Å². The van der Waals surface area contributed by atoms with Crippen LogP contribution in [0.2, 0.25) is 5.02 Å². The Kier molecular flexibility index (Phi) is 4.71. The summed E-state index contributed by atoms with van der Waals surface area (Å²) in [5.74, 6) is 0. The first kappa shape index (κ1) is 14.6. The van der Waals surface area contributed by atoms with E-state index in [-0.39, 0.29) is 6.03 Å². The molecule has 0 spiro atoms. The van der Waals surface area contributed by atoms with Gasteiger partial charge in [0, 0.05) is 19.1 Å². The van der Waals surface area contributed by atoms with Crippen molar-refractivity contribution in [1.29, 1.82) is 0 Å². The van der Waals surface area contributed by atoms with Crippen molar-refractivity contribution in [1.82, 2.24) is 9.80 Å². The lowest BCUT2D eigenvalue weighted by Crippen LogP contribution is -2.36. The van der Waals surface area contributed by atoms with Gasteiger partial charge < -0.3 is 15.1 Å². The second-order valence-corrected chi connectivity index (χ2v) is 6.08. The molecule has 1 aliphatic rings. The molecule has 1 saturated heterocycles. The van der Waals surface area contributed by atoms with Gasteiger partial charge in [0.15, 0.2) is 0 Å². The number of hydrogen-bond donors (Lipinski definition) is 1. The number of amides is 2. The van der Waals surface area contributed by atoms with Crippen molar-refractivity contribution in [2.24, 2.45) is 0 Å². The fourth-order valence-electron chi connectivity index (χ4n) is 2.14. The summed E-state index contributed by atoms with van der Waals surface area (Å²) >= 11 is 9.38. The fourth-order valence-corrected chi connectivity index (χ4v) is 2.68. The highest BCUT2D eigenvalue weighted by atomic mass is 79.9. The van der Waals surface area contributed by atoms with Gasteiger partial charge >= 0.3 is 6.03 Å². The number of nitrogens with zero attached hydrogens (tertiary/aromatic N) is 2. The minimum absolute atomic E-state index is 0.0766. The van der Waals surface area contributed by atoms with Crippen LogP contribution in [0.1, 0.15) is 6.42 Å². The topological polar surface area (TPSA) is 35.6 Å². The van der Waals surface area contributed by atoms with Crippen LogP contribution in [0.4, 0.5) is 10.5 Å². The van der Waals surface area contributed by atoms with E-state index in [2.05, 4.69) is 26.1 Å². The highest BCUT2D eigenvalue weighted by molar-refractivity contribution is 9.10. The van der Waals surface area contributed by atoms with E-state index in [9.17, 15) is 4.79 Å². The minimum Gasteiger partial charge on any atom is -0.323 e. The SMILES string of the molecule is CN(C)[C@H]1CCN(C(=O)Nc2cccc(Cl)c2Br)C1. The van der Waals surface area contributed by atoms with Crippen molar-refractivity contribution >= 4 is 39.2 Å². The van der Waals surface area contributed by atoms with Crippen LogP contribution in [0.25, 0.3) is 0 Å². The Bertz CT molecular complexity index is 481. The molecule has 1 N–H and O–H groups in total. The Morgan fingerprint density at radius 3 is 2.89 bits per heavy atom. The predicted molar refractivity (Wildman–Crippen MR) is 81.8 cm³/mol. The number of rotatable bonds is 2. The molecule has 104 valence electrons. The molecule has 1 heterocycles. The number of anilines is 1. The van der Waals surface area contributed by atoms with Gasteiger partial charge in [-0.2, -0.15) is 0 Å². The van der Waals surface area contributed by atoms with E-state index in [4.69, 9.17) is 11.6 Å². The predicted octanol–water partition coefficient (Wildman–Crippen LogP) is 3.27. The van der Waals surface area contributed by atoms with Crippen molar-refractivity contribution in [3.8, 4) is 0 Å². The molecule has 6 heteroatoms. The third kappa shape index (κ3) is 3.41. The maximum absolute atomic E-state index is 12.2. The molecule has 4 nitrogen and oxygen atoms in total. The van der Waals surface area contributed by atoms with Gasteiger partial charge in [-0.05, 0) is 48.6 Å². The summed E-state index contributed by atoms with van der Waals surface area (Å²) in [4.78, 5) is 16.2. The summed E-state index contributed by atoms with van der Waals surface area (Å²) in [7, 11) is 4.08. The van der Waals surface area contributed by atoms with Crippen LogP contribution in [0.5, 0.6) is 0 Å². The number of hydrogen-bond acceptors (Lipinski definition) is 2. The number of likely N-dealkylation sites (N-methyl/N-ethyl adjacent to an activating group) is 1. The maximum Gasteiger partial charge on any atom is 0.321 e. The van der Waals surface area contributed by atoms with Crippen molar-refractivity contribution in [3.63, 3.8) is 0 Å². The summed E-state index contributed by atoms with van der Waals surface area (Å²) in [6.07, 6.45) is 1.01. The minimum atomic E-state index is -0.0766. The van der Waals surface area contributed by atoms with Crippen LogP contribution >= 0.6 is 27.5 Å². The van der Waals surface area contributed by atoms with Crippen LogP contribution in [0, 0.1) is 0 Å². The number of carbonyl (C=O) groups excluding carboxylic acids is 1. The van der Waals surface area contributed by atoms with Gasteiger partial charge in [0.25, 0.3) is 0 Å². The van der Waals surface area contributed by atoms with Gasteiger partial charge in [-0.1, -0.05) is 17.7 Å². The second-order valence-electron chi connectivity index (χ2n) is 4.88. The third-order valence-corrected chi connectivity index (χ3v) is 4.77. The molecule has 2 amide bonds. The van der Waals surface area contributed by atoms with Crippen molar-refractivity contribution in [2.45, 2.75) is 12.5 Å². The van der Waals surface area contributed by atoms with E-state index in [1.54, 1.807) is 6.07 Å². The van der Waals surface area contributed by atoms with E-state index < -0.39 is 0 Å². The summed E-state index contributed by atoms with van der Waals surface area (Å²) < 4.78 is 0.716. The smallest absolute Gasteiger partial charge is 0.321 e. The van der Waals surface area contributed by atoms with Gasteiger partial charge in [0.1, 0.15) is 0 Å². The zero-order valence-corrected chi connectivity index (χ0v) is 13.3. The highest BCUT2D eigenvalue weighted by Gasteiger charge is 2.27. The molecule has 1 fully saturated rings. The molecular formula is C13H17BrClN3O. The van der Waals surface area contributed by atoms with Gasteiger partial charge in [0.05, 0.1) is 15.2 Å². The molecule has 1 aliphatic heterocycles. The molecule has 0 aromatic heterocycles. The number of urea groups is 1. The lowest BCUT2D eigenvalue weighted by molar-refractivity contribution is 0.216. The zero-order chi connectivity index (χ0) is 14.0. The summed E-state index contributed by atoms with van der Waals surface area (Å²) in [5, 5.41) is 3.48. The molecule has 1 aromatic rings. The molecule has 2 rings (SSSR count). The Hall–Kier alpha value is -0.780. The summed E-state index contributed by atoms with van der Waals surface area (Å²) in [6, 6.07) is 5.78. The van der Waals surface area contributed by atoms with Gasteiger partial charge in [-0.3, -0.25) is 0 Å². The Balaban J connectivity index is 2.00. The molecule has 1 aromatic carbocycles. The summed E-state index contributed by atoms with van der Waals surface area (Å²) in [5.41, 5.74) is 0.700. The van der Waals surface area contributed by atoms with E-state index in [0.29, 0.717) is 21.2 Å². The zero-order valence-electron chi connectivity index (χ0n) is 11.0. The maximum atomic E-state index is 12.2. The molecule has 0 saturated carbocycles. The molecule has 0 aliphatic carbocycles. The van der Waals surface area contributed by atoms with Crippen LogP contribution < -0.4 is 5.32 Å². The van der Waals surface area contributed by atoms with Crippen LogP contribution in [0.15, 0.2) is 22.7 Å². The molecule has 0 bridgehead atoms. The molecule has 19 heavy (non-hydrogen) atoms. The monoisotopic (exact) mass is 345 g/mol. The van der Waals surface area contributed by atoms with Crippen LogP contribution in [0.3, 0.4) is 0 Å². The number of carbonyl (C=O) groups is 1. The normalized spacial score (nSPS) is 19.0. The number of halogens is 2. The second kappa shape index (κ2) is 6.11. The fraction of sp³-hybridized carbons (Fsp3) is 0.462. The van der Waals surface area contributed by atoms with E-state index >= 15 is 0 Å². The van der Waals surface area contributed by atoms with E-state index in [1.165, 1.54) is 0 Å². The number of likely N-dealkylation sites (tertiary alicyclic amines) is 1. The van der Waals surface area contributed by atoms with Crippen molar-refractivity contribution in [2.75, 3.05) is 32.5 Å².